The number of fused-ring (bicyclic) bond motifs is 1. The predicted molar refractivity (Wildman–Crippen MR) is 89.1 cm³/mol. The summed E-state index contributed by atoms with van der Waals surface area (Å²) in [5.74, 6) is 1.41. The summed E-state index contributed by atoms with van der Waals surface area (Å²) in [7, 11) is 1.60. The second kappa shape index (κ2) is 6.64. The predicted octanol–water partition coefficient (Wildman–Crippen LogP) is 1.44. The smallest absolute Gasteiger partial charge is 0.251 e. The summed E-state index contributed by atoms with van der Waals surface area (Å²) in [4.78, 5) is 22.7. The van der Waals surface area contributed by atoms with Crippen LogP contribution in [0.4, 0.5) is 5.82 Å². The molecule has 0 saturated carbocycles. The monoisotopic (exact) mass is 312 g/mol. The first kappa shape index (κ1) is 15.3. The molecule has 120 valence electrons. The van der Waals surface area contributed by atoms with Gasteiger partial charge in [-0.1, -0.05) is 12.1 Å². The van der Waals surface area contributed by atoms with Crippen molar-refractivity contribution in [2.75, 3.05) is 25.1 Å². The van der Waals surface area contributed by atoms with Crippen molar-refractivity contribution in [1.82, 2.24) is 14.5 Å². The van der Waals surface area contributed by atoms with E-state index in [1.165, 1.54) is 11.9 Å². The van der Waals surface area contributed by atoms with Gasteiger partial charge in [0.15, 0.2) is 0 Å². The number of nitrogens with zero attached hydrogens (tertiary/aromatic N) is 4. The van der Waals surface area contributed by atoms with E-state index in [0.29, 0.717) is 12.4 Å². The Kier molecular flexibility index (Phi) is 4.41. The maximum Gasteiger partial charge on any atom is 0.251 e. The van der Waals surface area contributed by atoms with Crippen LogP contribution in [0.2, 0.25) is 0 Å². The van der Waals surface area contributed by atoms with E-state index >= 15 is 0 Å². The minimum atomic E-state index is 0.0285. The topological polar surface area (TPSA) is 60.2 Å². The van der Waals surface area contributed by atoms with Gasteiger partial charge in [-0.3, -0.25) is 4.79 Å². The van der Waals surface area contributed by atoms with Crippen molar-refractivity contribution in [1.29, 1.82) is 0 Å². The molecule has 6 heteroatoms. The Balaban J connectivity index is 1.89. The first-order valence-electron chi connectivity index (χ1n) is 7.66. The molecule has 0 aromatic carbocycles. The zero-order valence-electron chi connectivity index (χ0n) is 13.2. The fourth-order valence-electron chi connectivity index (χ4n) is 2.97. The first-order valence-corrected chi connectivity index (χ1v) is 7.66. The van der Waals surface area contributed by atoms with E-state index in [2.05, 4.69) is 21.4 Å². The summed E-state index contributed by atoms with van der Waals surface area (Å²) in [5.41, 5.74) is 2.34. The van der Waals surface area contributed by atoms with Crippen molar-refractivity contribution in [3.8, 4) is 5.88 Å². The molecular formula is C17H20N4O2. The third kappa shape index (κ3) is 3.11. The fourth-order valence-corrected chi connectivity index (χ4v) is 2.97. The fraction of sp³-hybridized carbons (Fsp3) is 0.353. The molecular weight excluding hydrogens is 292 g/mol. The quantitative estimate of drug-likeness (QED) is 0.800. The largest absolute Gasteiger partial charge is 0.481 e. The molecule has 0 aliphatic carbocycles. The Labute approximate surface area is 135 Å². The highest BCUT2D eigenvalue weighted by Crippen LogP contribution is 2.20. The van der Waals surface area contributed by atoms with Gasteiger partial charge in [-0.2, -0.15) is 0 Å². The maximum atomic E-state index is 12.1. The van der Waals surface area contributed by atoms with E-state index in [1.54, 1.807) is 19.3 Å². The van der Waals surface area contributed by atoms with Gasteiger partial charge in [0.05, 0.1) is 7.11 Å². The van der Waals surface area contributed by atoms with Crippen LogP contribution in [0, 0.1) is 0 Å². The molecule has 0 saturated heterocycles. The van der Waals surface area contributed by atoms with Crippen molar-refractivity contribution in [2.45, 2.75) is 19.4 Å². The summed E-state index contributed by atoms with van der Waals surface area (Å²) in [6.07, 6.45) is 4.95. The van der Waals surface area contributed by atoms with Crippen molar-refractivity contribution >= 4 is 5.82 Å². The number of hydrogen-bond donors (Lipinski definition) is 0. The van der Waals surface area contributed by atoms with Crippen LogP contribution in [0.3, 0.4) is 0 Å². The normalized spacial score (nSPS) is 14.0. The van der Waals surface area contributed by atoms with Gasteiger partial charge in [-0.15, -0.1) is 6.58 Å². The molecule has 2 aromatic heterocycles. The standard InChI is InChI=1S/C17H20N4O2/c1-3-8-21-14-7-10-20(9-6-13(14)4-5-17(21)22)15-11-16(23-2)19-12-18-15/h3-5,11-12H,1,6-10H2,2H3. The second-order valence-corrected chi connectivity index (χ2v) is 5.45. The van der Waals surface area contributed by atoms with Gasteiger partial charge in [-0.05, 0) is 12.0 Å². The van der Waals surface area contributed by atoms with Crippen LogP contribution >= 0.6 is 0 Å². The van der Waals surface area contributed by atoms with Crippen molar-refractivity contribution in [3.63, 3.8) is 0 Å². The van der Waals surface area contributed by atoms with Crippen LogP contribution in [0.1, 0.15) is 11.3 Å². The zero-order chi connectivity index (χ0) is 16.2. The molecule has 1 aliphatic rings. The van der Waals surface area contributed by atoms with E-state index in [0.717, 1.165) is 37.4 Å². The Hall–Kier alpha value is -2.63. The lowest BCUT2D eigenvalue weighted by atomic mass is 10.1. The number of methoxy groups -OCH3 is 1. The Morgan fingerprint density at radius 3 is 2.91 bits per heavy atom. The van der Waals surface area contributed by atoms with Gasteiger partial charge in [0.25, 0.3) is 5.56 Å². The summed E-state index contributed by atoms with van der Waals surface area (Å²) in [6, 6.07) is 5.43. The van der Waals surface area contributed by atoms with E-state index in [1.807, 2.05) is 16.7 Å². The zero-order valence-corrected chi connectivity index (χ0v) is 13.2. The van der Waals surface area contributed by atoms with Crippen LogP contribution in [0.15, 0.2) is 42.0 Å². The molecule has 3 rings (SSSR count). The van der Waals surface area contributed by atoms with Crippen LogP contribution in [0.5, 0.6) is 5.88 Å². The van der Waals surface area contributed by atoms with Gasteiger partial charge in [0.2, 0.25) is 5.88 Å². The summed E-state index contributed by atoms with van der Waals surface area (Å²) < 4.78 is 6.98. The number of pyridine rings is 1. The summed E-state index contributed by atoms with van der Waals surface area (Å²) in [5, 5.41) is 0. The molecule has 0 spiro atoms. The minimum Gasteiger partial charge on any atom is -0.481 e. The molecule has 2 aromatic rings. The third-order valence-electron chi connectivity index (χ3n) is 4.13. The number of anilines is 1. The first-order chi connectivity index (χ1) is 11.2. The molecule has 3 heterocycles. The molecule has 23 heavy (non-hydrogen) atoms. The van der Waals surface area contributed by atoms with Gasteiger partial charge in [0.1, 0.15) is 12.1 Å². The molecule has 0 amide bonds. The number of allylic oxidation sites excluding steroid dienone is 1. The van der Waals surface area contributed by atoms with Crippen LogP contribution < -0.4 is 15.2 Å². The number of hydrogen-bond acceptors (Lipinski definition) is 5. The highest BCUT2D eigenvalue weighted by Gasteiger charge is 2.18. The molecule has 0 fully saturated rings. The van der Waals surface area contributed by atoms with Gasteiger partial charge < -0.3 is 14.2 Å². The third-order valence-corrected chi connectivity index (χ3v) is 4.13. The van der Waals surface area contributed by atoms with Gasteiger partial charge in [0, 0.05) is 43.9 Å². The van der Waals surface area contributed by atoms with Crippen molar-refractivity contribution in [2.24, 2.45) is 0 Å². The van der Waals surface area contributed by atoms with Gasteiger partial charge in [-0.25, -0.2) is 9.97 Å². The lowest BCUT2D eigenvalue weighted by Crippen LogP contribution is -2.27. The second-order valence-electron chi connectivity index (χ2n) is 5.45. The van der Waals surface area contributed by atoms with Crippen LogP contribution in [-0.4, -0.2) is 34.7 Å². The lowest BCUT2D eigenvalue weighted by Gasteiger charge is -2.21. The Morgan fingerprint density at radius 2 is 2.13 bits per heavy atom. The van der Waals surface area contributed by atoms with E-state index < -0.39 is 0 Å². The summed E-state index contributed by atoms with van der Waals surface area (Å²) >= 11 is 0. The minimum absolute atomic E-state index is 0.0285. The Morgan fingerprint density at radius 1 is 1.30 bits per heavy atom. The molecule has 6 nitrogen and oxygen atoms in total. The molecule has 0 radical (unpaired) electrons. The molecule has 1 aliphatic heterocycles. The Bertz CT molecular complexity index is 769. The van der Waals surface area contributed by atoms with Gasteiger partial charge >= 0.3 is 0 Å². The number of ether oxygens (including phenoxy) is 1. The van der Waals surface area contributed by atoms with Crippen molar-refractivity contribution in [3.05, 3.63) is 58.8 Å². The molecule has 0 bridgehead atoms. The van der Waals surface area contributed by atoms with E-state index in [4.69, 9.17) is 4.74 Å². The average molecular weight is 312 g/mol. The van der Waals surface area contributed by atoms with E-state index in [9.17, 15) is 4.79 Å². The molecule has 0 unspecified atom stereocenters. The van der Waals surface area contributed by atoms with Crippen LogP contribution in [0.25, 0.3) is 0 Å². The highest BCUT2D eigenvalue weighted by atomic mass is 16.5. The summed E-state index contributed by atoms with van der Waals surface area (Å²) in [6.45, 7) is 5.94. The average Bonchev–Trinajstić information content (AvgIpc) is 2.80. The van der Waals surface area contributed by atoms with Crippen LogP contribution in [-0.2, 0) is 19.4 Å². The van der Waals surface area contributed by atoms with E-state index in [-0.39, 0.29) is 5.56 Å². The lowest BCUT2D eigenvalue weighted by molar-refractivity contribution is 0.396. The maximum absolute atomic E-state index is 12.1. The highest BCUT2D eigenvalue weighted by molar-refractivity contribution is 5.42. The molecule has 0 N–H and O–H groups in total. The number of rotatable bonds is 4. The van der Waals surface area contributed by atoms with Crippen molar-refractivity contribution < 1.29 is 4.74 Å². The molecule has 0 atom stereocenters. The SMILES string of the molecule is C=CCn1c2c(ccc1=O)CCN(c1cc(OC)ncn1)CC2. The number of aromatic nitrogens is 3.